The maximum Gasteiger partial charge on any atom is 0.303 e. The van der Waals surface area contributed by atoms with E-state index in [0.717, 1.165) is 37.0 Å². The molecule has 0 N–H and O–H groups in total. The SMILES string of the molecule is COC1C=CC(C2OC3=C(CCCC3)C(=O)C2OC(C)=O)=CC1. The molecule has 0 radical (unpaired) electrons. The lowest BCUT2D eigenvalue weighted by molar-refractivity contribution is -0.160. The molecule has 2 aliphatic carbocycles. The van der Waals surface area contributed by atoms with E-state index in [0.29, 0.717) is 12.0 Å². The van der Waals surface area contributed by atoms with Crippen molar-refractivity contribution in [3.63, 3.8) is 0 Å². The summed E-state index contributed by atoms with van der Waals surface area (Å²) in [6.45, 7) is 1.32. The van der Waals surface area contributed by atoms with Crippen LogP contribution in [0.1, 0.15) is 39.0 Å². The molecule has 0 aromatic carbocycles. The lowest BCUT2D eigenvalue weighted by Crippen LogP contribution is -2.45. The van der Waals surface area contributed by atoms with Crippen molar-refractivity contribution in [2.24, 2.45) is 0 Å². The van der Waals surface area contributed by atoms with Crippen molar-refractivity contribution < 1.29 is 23.8 Å². The fraction of sp³-hybridized carbons (Fsp3) is 0.556. The van der Waals surface area contributed by atoms with Gasteiger partial charge in [-0.25, -0.2) is 0 Å². The molecule has 0 bridgehead atoms. The zero-order chi connectivity index (χ0) is 16.4. The van der Waals surface area contributed by atoms with E-state index in [-0.39, 0.29) is 11.9 Å². The van der Waals surface area contributed by atoms with Crippen LogP contribution in [-0.2, 0) is 23.8 Å². The third kappa shape index (κ3) is 3.24. The molecular weight excluding hydrogens is 296 g/mol. The predicted molar refractivity (Wildman–Crippen MR) is 83.6 cm³/mol. The Morgan fingerprint density at radius 2 is 2.09 bits per heavy atom. The number of carbonyl (C=O) groups is 2. The standard InChI is InChI=1S/C18H22O5/c1-11(19)22-18-16(20)14-5-3-4-6-15(14)23-17(18)12-7-9-13(21-2)10-8-12/h7-9,13,17-18H,3-6,10H2,1-2H3. The predicted octanol–water partition coefficient (Wildman–Crippen LogP) is 2.62. The molecule has 0 aromatic heterocycles. The van der Waals surface area contributed by atoms with Gasteiger partial charge in [-0.15, -0.1) is 0 Å². The van der Waals surface area contributed by atoms with Gasteiger partial charge in [0.2, 0.25) is 11.9 Å². The van der Waals surface area contributed by atoms with E-state index in [1.54, 1.807) is 7.11 Å². The maximum atomic E-state index is 12.8. The van der Waals surface area contributed by atoms with Crippen LogP contribution in [0.4, 0.5) is 0 Å². The molecule has 3 aliphatic rings. The Morgan fingerprint density at radius 1 is 1.30 bits per heavy atom. The van der Waals surface area contributed by atoms with Gasteiger partial charge in [0.1, 0.15) is 5.76 Å². The Bertz CT molecular complexity index is 599. The number of ketones is 1. The molecule has 3 atom stereocenters. The topological polar surface area (TPSA) is 61.8 Å². The zero-order valence-electron chi connectivity index (χ0n) is 13.5. The lowest BCUT2D eigenvalue weighted by Gasteiger charge is -2.36. The molecule has 1 aliphatic heterocycles. The number of allylic oxidation sites excluding steroid dienone is 1. The van der Waals surface area contributed by atoms with Gasteiger partial charge in [-0.3, -0.25) is 9.59 Å². The van der Waals surface area contributed by atoms with E-state index in [4.69, 9.17) is 14.2 Å². The number of hydrogen-bond acceptors (Lipinski definition) is 5. The summed E-state index contributed by atoms with van der Waals surface area (Å²) in [4.78, 5) is 24.2. The highest BCUT2D eigenvalue weighted by Gasteiger charge is 2.43. The van der Waals surface area contributed by atoms with Crippen molar-refractivity contribution >= 4 is 11.8 Å². The second kappa shape index (κ2) is 6.71. The Balaban J connectivity index is 1.89. The van der Waals surface area contributed by atoms with Crippen molar-refractivity contribution in [2.75, 3.05) is 7.11 Å². The Morgan fingerprint density at radius 3 is 2.74 bits per heavy atom. The molecule has 0 saturated carbocycles. The summed E-state index contributed by atoms with van der Waals surface area (Å²) in [5, 5.41) is 0. The highest BCUT2D eigenvalue weighted by molar-refractivity contribution is 6.01. The Hall–Kier alpha value is -1.88. The van der Waals surface area contributed by atoms with Crippen molar-refractivity contribution in [1.82, 2.24) is 0 Å². The molecular formula is C18H22O5. The number of hydrogen-bond donors (Lipinski definition) is 0. The minimum atomic E-state index is -0.889. The minimum absolute atomic E-state index is 0.0367. The molecule has 124 valence electrons. The van der Waals surface area contributed by atoms with Crippen LogP contribution >= 0.6 is 0 Å². The van der Waals surface area contributed by atoms with Gasteiger partial charge in [-0.1, -0.05) is 18.2 Å². The molecule has 0 spiro atoms. The van der Waals surface area contributed by atoms with Gasteiger partial charge in [-0.05, 0) is 31.3 Å². The molecule has 3 rings (SSSR count). The summed E-state index contributed by atoms with van der Waals surface area (Å²) in [5.74, 6) is 0.207. The summed E-state index contributed by atoms with van der Waals surface area (Å²) in [7, 11) is 1.66. The largest absolute Gasteiger partial charge is 0.485 e. The molecule has 3 unspecified atom stereocenters. The fourth-order valence-electron chi connectivity index (χ4n) is 3.33. The molecule has 0 aromatic rings. The van der Waals surface area contributed by atoms with Gasteiger partial charge < -0.3 is 14.2 Å². The van der Waals surface area contributed by atoms with Crippen molar-refractivity contribution in [1.29, 1.82) is 0 Å². The zero-order valence-corrected chi connectivity index (χ0v) is 13.5. The number of methoxy groups -OCH3 is 1. The monoisotopic (exact) mass is 318 g/mol. The molecule has 23 heavy (non-hydrogen) atoms. The van der Waals surface area contributed by atoms with Crippen LogP contribution in [0.25, 0.3) is 0 Å². The lowest BCUT2D eigenvalue weighted by atomic mass is 9.85. The summed E-state index contributed by atoms with van der Waals surface area (Å²) in [6.07, 6.45) is 8.64. The number of esters is 1. The van der Waals surface area contributed by atoms with Gasteiger partial charge in [0.05, 0.1) is 6.10 Å². The molecule has 5 nitrogen and oxygen atoms in total. The Labute approximate surface area is 136 Å². The summed E-state index contributed by atoms with van der Waals surface area (Å²) < 4.78 is 16.7. The number of carbonyl (C=O) groups excluding carboxylic acids is 2. The molecule has 0 saturated heterocycles. The van der Waals surface area contributed by atoms with Crippen molar-refractivity contribution in [2.45, 2.75) is 57.3 Å². The second-order valence-corrected chi connectivity index (χ2v) is 6.11. The summed E-state index contributed by atoms with van der Waals surface area (Å²) in [6, 6.07) is 0. The molecule has 1 heterocycles. The van der Waals surface area contributed by atoms with Gasteiger partial charge in [0.15, 0.2) is 6.10 Å². The first-order chi connectivity index (χ1) is 11.1. The normalized spacial score (nSPS) is 30.4. The van der Waals surface area contributed by atoms with Crippen molar-refractivity contribution in [3.05, 3.63) is 35.1 Å². The molecule has 0 fully saturated rings. The van der Waals surface area contributed by atoms with Gasteiger partial charge in [0.25, 0.3) is 0 Å². The van der Waals surface area contributed by atoms with E-state index >= 15 is 0 Å². The van der Waals surface area contributed by atoms with E-state index in [1.165, 1.54) is 6.92 Å². The van der Waals surface area contributed by atoms with E-state index in [1.807, 2.05) is 18.2 Å². The van der Waals surface area contributed by atoms with Crippen LogP contribution in [0.3, 0.4) is 0 Å². The number of ether oxygens (including phenoxy) is 3. The third-order valence-corrected chi connectivity index (χ3v) is 4.53. The quantitative estimate of drug-likeness (QED) is 0.749. The van der Waals surface area contributed by atoms with E-state index < -0.39 is 18.2 Å². The highest BCUT2D eigenvalue weighted by Crippen LogP contribution is 2.36. The Kier molecular flexibility index (Phi) is 4.66. The maximum absolute atomic E-state index is 12.8. The summed E-state index contributed by atoms with van der Waals surface area (Å²) >= 11 is 0. The van der Waals surface area contributed by atoms with Crippen LogP contribution in [0.15, 0.2) is 35.1 Å². The third-order valence-electron chi connectivity index (χ3n) is 4.53. The van der Waals surface area contributed by atoms with Crippen molar-refractivity contribution in [3.8, 4) is 0 Å². The second-order valence-electron chi connectivity index (χ2n) is 6.11. The first kappa shape index (κ1) is 16.0. The summed E-state index contributed by atoms with van der Waals surface area (Å²) in [5.41, 5.74) is 1.57. The fourth-order valence-corrected chi connectivity index (χ4v) is 3.33. The number of rotatable bonds is 3. The van der Waals surface area contributed by atoms with Crippen LogP contribution in [0, 0.1) is 0 Å². The smallest absolute Gasteiger partial charge is 0.303 e. The molecule has 5 heteroatoms. The van der Waals surface area contributed by atoms with Crippen LogP contribution in [0.2, 0.25) is 0 Å². The average molecular weight is 318 g/mol. The van der Waals surface area contributed by atoms with Gasteiger partial charge >= 0.3 is 5.97 Å². The first-order valence-corrected chi connectivity index (χ1v) is 8.11. The molecule has 0 amide bonds. The average Bonchev–Trinajstić information content (AvgIpc) is 2.57. The van der Waals surface area contributed by atoms with E-state index in [9.17, 15) is 9.59 Å². The van der Waals surface area contributed by atoms with Crippen LogP contribution in [-0.4, -0.2) is 37.2 Å². The van der Waals surface area contributed by atoms with E-state index in [2.05, 4.69) is 0 Å². The number of Topliss-reactive ketones (excluding diaryl/α,β-unsaturated/α-hetero) is 1. The minimum Gasteiger partial charge on any atom is -0.485 e. The van der Waals surface area contributed by atoms with Crippen LogP contribution in [0.5, 0.6) is 0 Å². The first-order valence-electron chi connectivity index (χ1n) is 8.11. The van der Waals surface area contributed by atoms with Crippen LogP contribution < -0.4 is 0 Å². The van der Waals surface area contributed by atoms with Gasteiger partial charge in [-0.2, -0.15) is 0 Å². The highest BCUT2D eigenvalue weighted by atomic mass is 16.6. The van der Waals surface area contributed by atoms with Gasteiger partial charge in [0, 0.05) is 26.0 Å².